The van der Waals surface area contributed by atoms with Crippen LogP contribution < -0.4 is 0 Å². The monoisotopic (exact) mass is 242 g/mol. The second-order valence-corrected chi connectivity index (χ2v) is 4.98. The summed E-state index contributed by atoms with van der Waals surface area (Å²) in [6, 6.07) is 0. The van der Waals surface area contributed by atoms with Crippen molar-refractivity contribution >= 4 is 79.4 Å². The van der Waals surface area contributed by atoms with Crippen LogP contribution in [0.25, 0.3) is 0 Å². The molecule has 0 N–H and O–H groups in total. The van der Waals surface area contributed by atoms with E-state index in [-0.39, 0.29) is 59.1 Å². The second kappa shape index (κ2) is 9.51. The van der Waals surface area contributed by atoms with Crippen molar-refractivity contribution in [1.29, 1.82) is 0 Å². The molecule has 1 saturated heterocycles. The van der Waals surface area contributed by atoms with Gasteiger partial charge in [0, 0.05) is 70.3 Å². The molecule has 0 atom stereocenters. The van der Waals surface area contributed by atoms with Gasteiger partial charge >= 0.3 is 0 Å². The van der Waals surface area contributed by atoms with Crippen LogP contribution >= 0.6 is 0 Å². The summed E-state index contributed by atoms with van der Waals surface area (Å²) >= 11 is 4.59. The van der Waals surface area contributed by atoms with Gasteiger partial charge in [0.1, 0.15) is 0 Å². The number of hydrogen-bond donors (Lipinski definition) is 0. The maximum Gasteiger partial charge on any atom is 0.269 e. The van der Waals surface area contributed by atoms with E-state index in [1.165, 1.54) is 0 Å². The summed E-state index contributed by atoms with van der Waals surface area (Å²) in [6.45, 7) is 0.921. The van der Waals surface area contributed by atoms with Crippen molar-refractivity contribution in [3.63, 3.8) is 0 Å². The maximum atomic E-state index is 11.1. The van der Waals surface area contributed by atoms with Crippen LogP contribution in [-0.2, 0) is 28.6 Å². The van der Waals surface area contributed by atoms with Gasteiger partial charge in [0.05, 0.1) is 13.2 Å². The van der Waals surface area contributed by atoms with E-state index in [2.05, 4.69) is 11.2 Å². The summed E-state index contributed by atoms with van der Waals surface area (Å²) in [6.07, 6.45) is 4.07. The van der Waals surface area contributed by atoms with Crippen LogP contribution in [0.15, 0.2) is 0 Å². The third-order valence-corrected chi connectivity index (χ3v) is 2.98. The standard InChI is InChI=1S/C6H12O3S2.2Na/c7-11(10)8-5-3-1-2-4-6-9-11;;/h1-6H2;;. The molecule has 68 valence electrons. The fraction of sp³-hybridized carbons (Fsp3) is 1.00. The van der Waals surface area contributed by atoms with E-state index in [0.717, 1.165) is 25.7 Å². The minimum absolute atomic E-state index is 0. The SMILES string of the molecule is O=S1(=S)OCCCCCCO1.[Na].[Na]. The summed E-state index contributed by atoms with van der Waals surface area (Å²) < 4.78 is 20.8. The molecule has 1 heterocycles. The smallest absolute Gasteiger partial charge is 0.269 e. The zero-order valence-electron chi connectivity index (χ0n) is 8.28. The minimum atomic E-state index is -2.83. The number of rotatable bonds is 0. The Bertz CT molecular complexity index is 190. The molecule has 0 saturated carbocycles. The van der Waals surface area contributed by atoms with Gasteiger partial charge in [0.2, 0.25) is 0 Å². The van der Waals surface area contributed by atoms with Crippen molar-refractivity contribution in [2.75, 3.05) is 13.2 Å². The van der Waals surface area contributed by atoms with Gasteiger partial charge in [-0.15, -0.1) is 0 Å². The van der Waals surface area contributed by atoms with E-state index in [9.17, 15) is 4.21 Å². The van der Waals surface area contributed by atoms with Crippen LogP contribution in [0.4, 0.5) is 0 Å². The van der Waals surface area contributed by atoms with Crippen molar-refractivity contribution in [1.82, 2.24) is 0 Å². The molecule has 7 heteroatoms. The Morgan fingerprint density at radius 1 is 0.923 bits per heavy atom. The Balaban J connectivity index is 0. The van der Waals surface area contributed by atoms with E-state index in [1.807, 2.05) is 0 Å². The molecule has 0 unspecified atom stereocenters. The van der Waals surface area contributed by atoms with Gasteiger partial charge in [-0.25, -0.2) is 0 Å². The normalized spacial score (nSPS) is 22.5. The van der Waals surface area contributed by atoms with Crippen LogP contribution in [0.2, 0.25) is 0 Å². The second-order valence-electron chi connectivity index (χ2n) is 2.47. The summed E-state index contributed by atoms with van der Waals surface area (Å²) in [5.74, 6) is 0. The Hall–Kier alpha value is 2.29. The van der Waals surface area contributed by atoms with Crippen molar-refractivity contribution in [3.8, 4) is 0 Å². The summed E-state index contributed by atoms with van der Waals surface area (Å²) in [7, 11) is -2.83. The van der Waals surface area contributed by atoms with E-state index in [1.54, 1.807) is 0 Å². The van der Waals surface area contributed by atoms with E-state index in [4.69, 9.17) is 8.37 Å². The van der Waals surface area contributed by atoms with Gasteiger partial charge in [-0.3, -0.25) is 8.37 Å². The molecule has 2 radical (unpaired) electrons. The fourth-order valence-corrected chi connectivity index (χ4v) is 2.03. The third-order valence-electron chi connectivity index (χ3n) is 1.49. The fourth-order valence-electron chi connectivity index (χ4n) is 0.914. The average molecular weight is 242 g/mol. The first-order valence-corrected chi connectivity index (χ1v) is 6.08. The van der Waals surface area contributed by atoms with Gasteiger partial charge in [-0.05, 0) is 12.8 Å². The van der Waals surface area contributed by atoms with E-state index >= 15 is 0 Å². The van der Waals surface area contributed by atoms with E-state index < -0.39 is 9.05 Å². The van der Waals surface area contributed by atoms with Crippen molar-refractivity contribution in [3.05, 3.63) is 0 Å². The van der Waals surface area contributed by atoms with Gasteiger partial charge in [-0.1, -0.05) is 12.8 Å². The molecule has 0 bridgehead atoms. The molecule has 1 fully saturated rings. The molecule has 0 aromatic heterocycles. The molecule has 1 aliphatic rings. The molecular formula is C6H12Na2O3S2. The predicted octanol–water partition coefficient (Wildman–Crippen LogP) is 0.408. The Kier molecular flexibility index (Phi) is 12.9. The van der Waals surface area contributed by atoms with Crippen LogP contribution in [0, 0.1) is 0 Å². The van der Waals surface area contributed by atoms with Gasteiger partial charge in [0.25, 0.3) is 9.05 Å². The van der Waals surface area contributed by atoms with Crippen LogP contribution in [-0.4, -0.2) is 76.5 Å². The van der Waals surface area contributed by atoms with Crippen LogP contribution in [0.5, 0.6) is 0 Å². The zero-order valence-corrected chi connectivity index (χ0v) is 13.9. The largest absolute Gasteiger partial charge is 0.270 e. The molecule has 0 amide bonds. The van der Waals surface area contributed by atoms with Gasteiger partial charge in [-0.2, -0.15) is 4.21 Å². The molecule has 0 spiro atoms. The van der Waals surface area contributed by atoms with Crippen molar-refractivity contribution in [2.45, 2.75) is 25.7 Å². The summed E-state index contributed by atoms with van der Waals surface area (Å²) in [4.78, 5) is 0. The summed E-state index contributed by atoms with van der Waals surface area (Å²) in [5, 5.41) is 0. The first-order valence-electron chi connectivity index (χ1n) is 3.74. The number of hydrogen-bond acceptors (Lipinski definition) is 4. The Morgan fingerprint density at radius 2 is 1.31 bits per heavy atom. The first kappa shape index (κ1) is 17.7. The maximum absolute atomic E-state index is 11.1. The molecule has 1 aliphatic heterocycles. The van der Waals surface area contributed by atoms with Crippen molar-refractivity contribution < 1.29 is 12.6 Å². The van der Waals surface area contributed by atoms with Crippen molar-refractivity contribution in [2.24, 2.45) is 0 Å². The third kappa shape index (κ3) is 9.23. The minimum Gasteiger partial charge on any atom is -0.270 e. The predicted molar refractivity (Wildman–Crippen MR) is 57.4 cm³/mol. The first-order chi connectivity index (χ1) is 5.21. The quantitative estimate of drug-likeness (QED) is 0.576. The molecule has 3 nitrogen and oxygen atoms in total. The van der Waals surface area contributed by atoms with Crippen LogP contribution in [0.1, 0.15) is 25.7 Å². The van der Waals surface area contributed by atoms with Crippen LogP contribution in [0.3, 0.4) is 0 Å². The molecule has 0 aromatic rings. The van der Waals surface area contributed by atoms with Gasteiger partial charge in [0.15, 0.2) is 0 Å². The summed E-state index contributed by atoms with van der Waals surface area (Å²) in [5.41, 5.74) is 0. The molecule has 13 heavy (non-hydrogen) atoms. The molecular weight excluding hydrogens is 230 g/mol. The molecule has 0 aromatic carbocycles. The average Bonchev–Trinajstić information content (AvgIpc) is 2.00. The van der Waals surface area contributed by atoms with E-state index in [0.29, 0.717) is 13.2 Å². The Labute approximate surface area is 129 Å². The Morgan fingerprint density at radius 3 is 1.69 bits per heavy atom. The molecule has 1 rings (SSSR count). The topological polar surface area (TPSA) is 35.5 Å². The van der Waals surface area contributed by atoms with Gasteiger partial charge < -0.3 is 0 Å². The zero-order chi connectivity index (χ0) is 8.16. The molecule has 0 aliphatic carbocycles.